The lowest BCUT2D eigenvalue weighted by Gasteiger charge is -2.46. The third-order valence-electron chi connectivity index (χ3n) is 11.4. The van der Waals surface area contributed by atoms with Gasteiger partial charge in [0.25, 0.3) is 11.8 Å². The van der Waals surface area contributed by atoms with Gasteiger partial charge in [-0.15, -0.1) is 4.36 Å². The number of fused-ring (bicyclic) bond motifs is 4. The van der Waals surface area contributed by atoms with Gasteiger partial charge in [0.2, 0.25) is 0 Å². The number of nitrogens with one attached hydrogen (secondary N) is 1. The number of rotatable bonds is 5. The van der Waals surface area contributed by atoms with Gasteiger partial charge in [0, 0.05) is 37.8 Å². The molecule has 1 unspecified atom stereocenters. The third-order valence-corrected chi connectivity index (χ3v) is 13.2. The summed E-state index contributed by atoms with van der Waals surface area (Å²) in [5.74, 6) is -0.00193. The fraction of sp³-hybridized carbons (Fsp3) is 0.590. The molecule has 7 atom stereocenters. The number of carbonyl (C=O) groups excluding carboxylic acids is 2. The molecule has 7 rings (SSSR count). The molecule has 2 aromatic carbocycles. The number of aryl methyl sites for hydroxylation is 2. The number of halogens is 1. The average molecular weight is 724 g/mol. The molecule has 0 radical (unpaired) electrons. The van der Waals surface area contributed by atoms with E-state index in [1.807, 2.05) is 18.2 Å². The van der Waals surface area contributed by atoms with E-state index in [1.54, 1.807) is 13.2 Å². The van der Waals surface area contributed by atoms with Crippen LogP contribution in [0, 0.1) is 18.8 Å². The van der Waals surface area contributed by atoms with E-state index in [-0.39, 0.29) is 29.4 Å². The SMILES string of the molecule is CO[C@H]1/C=C/CCCS(=O)(NC(=O)CO[C@H]2CCOC[C@H]2F)=NC(=O)c2ccc3c(c2)N(C[C@@H]2CC[C@H]21)C[C@@]1(CCCc2cc(C)ccc21)CO3. The van der Waals surface area contributed by atoms with Crippen molar-refractivity contribution in [2.45, 2.75) is 82.1 Å². The summed E-state index contributed by atoms with van der Waals surface area (Å²) in [6.45, 7) is 3.93. The first-order valence-electron chi connectivity index (χ1n) is 18.4. The molecule has 51 heavy (non-hydrogen) atoms. The molecular formula is C39H50FN3O7S. The molecule has 0 aromatic heterocycles. The summed E-state index contributed by atoms with van der Waals surface area (Å²) in [4.78, 5) is 29.2. The quantitative estimate of drug-likeness (QED) is 0.395. The van der Waals surface area contributed by atoms with Crippen molar-refractivity contribution in [3.8, 4) is 5.75 Å². The molecular weight excluding hydrogens is 674 g/mol. The van der Waals surface area contributed by atoms with E-state index in [0.29, 0.717) is 50.1 Å². The first-order chi connectivity index (χ1) is 24.6. The molecule has 5 aliphatic rings. The highest BCUT2D eigenvalue weighted by Gasteiger charge is 2.44. The Morgan fingerprint density at radius 1 is 1.18 bits per heavy atom. The van der Waals surface area contributed by atoms with Crippen molar-refractivity contribution < 1.29 is 37.1 Å². The Labute approximate surface area is 300 Å². The van der Waals surface area contributed by atoms with Crippen molar-refractivity contribution in [2.24, 2.45) is 16.2 Å². The number of alkyl halides is 1. The number of hydrogen-bond acceptors (Lipinski definition) is 8. The van der Waals surface area contributed by atoms with Gasteiger partial charge >= 0.3 is 0 Å². The minimum Gasteiger partial charge on any atom is -0.490 e. The smallest absolute Gasteiger partial charge is 0.286 e. The molecule has 1 saturated carbocycles. The highest BCUT2D eigenvalue weighted by molar-refractivity contribution is 7.92. The monoisotopic (exact) mass is 723 g/mol. The minimum absolute atomic E-state index is 0.0386. The van der Waals surface area contributed by atoms with Crippen molar-refractivity contribution in [1.29, 1.82) is 0 Å². The maximum absolute atomic E-state index is 14.2. The molecule has 2 amide bonds. The summed E-state index contributed by atoms with van der Waals surface area (Å²) >= 11 is 0. The van der Waals surface area contributed by atoms with E-state index >= 15 is 0 Å². The Bertz CT molecular complexity index is 1780. The molecule has 2 bridgehead atoms. The van der Waals surface area contributed by atoms with Gasteiger partial charge in [-0.3, -0.25) is 14.3 Å². The molecule has 276 valence electrons. The van der Waals surface area contributed by atoms with Crippen LogP contribution < -0.4 is 14.4 Å². The van der Waals surface area contributed by atoms with Gasteiger partial charge in [0.1, 0.15) is 28.4 Å². The average Bonchev–Trinajstić information content (AvgIpc) is 3.25. The molecule has 1 spiro atoms. The lowest BCUT2D eigenvalue weighted by Crippen LogP contribution is -2.49. The van der Waals surface area contributed by atoms with E-state index in [4.69, 9.17) is 18.9 Å². The number of methoxy groups -OCH3 is 1. The number of anilines is 1. The maximum Gasteiger partial charge on any atom is 0.286 e. The van der Waals surface area contributed by atoms with Crippen molar-refractivity contribution >= 4 is 27.4 Å². The molecule has 3 heterocycles. The predicted molar refractivity (Wildman–Crippen MR) is 193 cm³/mol. The van der Waals surface area contributed by atoms with E-state index in [0.717, 1.165) is 50.9 Å². The third kappa shape index (κ3) is 7.89. The van der Waals surface area contributed by atoms with Crippen LogP contribution >= 0.6 is 0 Å². The van der Waals surface area contributed by atoms with Crippen LogP contribution in [-0.4, -0.2) is 86.8 Å². The van der Waals surface area contributed by atoms with Crippen LogP contribution in [0.3, 0.4) is 0 Å². The van der Waals surface area contributed by atoms with Crippen LogP contribution in [0.15, 0.2) is 52.9 Å². The zero-order valence-electron chi connectivity index (χ0n) is 29.7. The standard InChI is InChI=1S/C39H50FN3O7S/c1-26-9-13-31-27(19-26)7-6-16-39(31)24-43-21-29-10-12-30(29)34(47-2)8-4-3-5-18-51(46,41-37(44)23-49-35-15-17-48-22-32(35)40)42-38(45)28-11-14-36(50-25-39)33(43)20-28/h4,8-9,11,13-14,19-20,29-30,32,34-35H,3,5-7,10,12,15-18,21-25H2,1-2H3,(H,41,42,44,45,46)/b8-4+/t29-,30+,32+,34-,35-,39-,51?/m0/s1. The lowest BCUT2D eigenvalue weighted by atomic mass is 9.68. The van der Waals surface area contributed by atoms with Gasteiger partial charge in [-0.25, -0.2) is 8.60 Å². The zero-order chi connectivity index (χ0) is 35.6. The van der Waals surface area contributed by atoms with Crippen LogP contribution in [0.25, 0.3) is 0 Å². The highest BCUT2D eigenvalue weighted by atomic mass is 32.2. The predicted octanol–water partition coefficient (Wildman–Crippen LogP) is 5.64. The fourth-order valence-corrected chi connectivity index (χ4v) is 10.1. The molecule has 1 N–H and O–H groups in total. The van der Waals surface area contributed by atoms with Crippen molar-refractivity contribution in [1.82, 2.24) is 4.72 Å². The zero-order valence-corrected chi connectivity index (χ0v) is 30.5. The second kappa shape index (κ2) is 15.3. The van der Waals surface area contributed by atoms with Gasteiger partial charge in [0.05, 0.1) is 36.9 Å². The van der Waals surface area contributed by atoms with E-state index in [9.17, 15) is 18.2 Å². The largest absolute Gasteiger partial charge is 0.490 e. The number of nitrogens with zero attached hydrogens (tertiary/aromatic N) is 2. The Morgan fingerprint density at radius 2 is 2.06 bits per heavy atom. The van der Waals surface area contributed by atoms with Gasteiger partial charge in [-0.05, 0) is 99.5 Å². The lowest BCUT2D eigenvalue weighted by molar-refractivity contribution is -0.132. The Morgan fingerprint density at radius 3 is 2.86 bits per heavy atom. The topological polar surface area (TPSA) is 116 Å². The highest BCUT2D eigenvalue weighted by Crippen LogP contribution is 2.47. The number of hydrogen-bond donors (Lipinski definition) is 1. The molecule has 2 aromatic rings. The minimum atomic E-state index is -3.54. The summed E-state index contributed by atoms with van der Waals surface area (Å²) in [7, 11) is -1.79. The van der Waals surface area contributed by atoms with Crippen molar-refractivity contribution in [3.63, 3.8) is 0 Å². The van der Waals surface area contributed by atoms with Crippen molar-refractivity contribution in [3.05, 3.63) is 70.8 Å². The number of allylic oxidation sites excluding steroid dienone is 1. The fourth-order valence-electron chi connectivity index (χ4n) is 8.54. The summed E-state index contributed by atoms with van der Waals surface area (Å²) in [6, 6.07) is 12.1. The van der Waals surface area contributed by atoms with Crippen LogP contribution in [0.2, 0.25) is 0 Å². The van der Waals surface area contributed by atoms with Gasteiger partial charge < -0.3 is 23.8 Å². The van der Waals surface area contributed by atoms with Crippen LogP contribution in [0.5, 0.6) is 5.75 Å². The first-order valence-corrected chi connectivity index (χ1v) is 20.1. The summed E-state index contributed by atoms with van der Waals surface area (Å²) in [5, 5.41) is 0. The molecule has 2 aliphatic carbocycles. The number of carbonyl (C=O) groups is 2. The molecule has 2 fully saturated rings. The number of ether oxygens (including phenoxy) is 4. The van der Waals surface area contributed by atoms with E-state index in [1.165, 1.54) is 16.7 Å². The van der Waals surface area contributed by atoms with Crippen LogP contribution in [-0.2, 0) is 40.8 Å². The maximum atomic E-state index is 14.2. The second-order valence-electron chi connectivity index (χ2n) is 14.9. The Kier molecular flexibility index (Phi) is 10.8. The normalized spacial score (nSPS) is 33.0. The molecule has 3 aliphatic heterocycles. The molecule has 10 nitrogen and oxygen atoms in total. The van der Waals surface area contributed by atoms with Crippen LogP contribution in [0.1, 0.15) is 72.0 Å². The molecule has 12 heteroatoms. The first kappa shape index (κ1) is 36.1. The van der Waals surface area contributed by atoms with E-state index in [2.05, 4.69) is 45.2 Å². The van der Waals surface area contributed by atoms with Crippen molar-refractivity contribution in [2.75, 3.05) is 57.3 Å². The van der Waals surface area contributed by atoms with Crippen LogP contribution in [0.4, 0.5) is 10.1 Å². The van der Waals surface area contributed by atoms with Gasteiger partial charge in [0.15, 0.2) is 0 Å². The summed E-state index contributed by atoms with van der Waals surface area (Å²) < 4.78 is 58.4. The summed E-state index contributed by atoms with van der Waals surface area (Å²) in [5.41, 5.74) is 4.84. The molecule has 1 saturated heterocycles. The van der Waals surface area contributed by atoms with Gasteiger partial charge in [-0.2, -0.15) is 0 Å². The number of amides is 2. The second-order valence-corrected chi connectivity index (χ2v) is 17.0. The Balaban J connectivity index is 1.22. The number of benzene rings is 2. The van der Waals surface area contributed by atoms with Gasteiger partial charge in [-0.1, -0.05) is 35.9 Å². The van der Waals surface area contributed by atoms with E-state index < -0.39 is 40.6 Å². The summed E-state index contributed by atoms with van der Waals surface area (Å²) in [6.07, 6.45) is 8.50. The Hall–Kier alpha value is -3.32.